The van der Waals surface area contributed by atoms with Gasteiger partial charge in [-0.3, -0.25) is 0 Å². The van der Waals surface area contributed by atoms with Crippen LogP contribution in [0.3, 0.4) is 0 Å². The van der Waals surface area contributed by atoms with Crippen LogP contribution in [0.1, 0.15) is 31.4 Å². The van der Waals surface area contributed by atoms with Gasteiger partial charge in [0, 0.05) is 19.0 Å². The van der Waals surface area contributed by atoms with Gasteiger partial charge in [-0.2, -0.15) is 5.26 Å². The number of hydrogen-bond donors (Lipinski definition) is 1. The summed E-state index contributed by atoms with van der Waals surface area (Å²) in [6.07, 6.45) is 1.36. The summed E-state index contributed by atoms with van der Waals surface area (Å²) in [6, 6.07) is 8.79. The van der Waals surface area contributed by atoms with E-state index in [1.807, 2.05) is 13.0 Å². The van der Waals surface area contributed by atoms with Crippen molar-refractivity contribution in [2.24, 2.45) is 0 Å². The lowest BCUT2D eigenvalue weighted by Crippen LogP contribution is -2.21. The molecule has 0 bridgehead atoms. The van der Waals surface area contributed by atoms with Crippen LogP contribution in [0.5, 0.6) is 0 Å². The quantitative estimate of drug-likeness (QED) is 0.752. The molecule has 0 heterocycles. The van der Waals surface area contributed by atoms with E-state index in [-0.39, 0.29) is 11.9 Å². The molecule has 0 aliphatic heterocycles. The molecular formula is C12H15FN2. The number of nitriles is 1. The highest BCUT2D eigenvalue weighted by Gasteiger charge is 2.08. The van der Waals surface area contributed by atoms with Crippen molar-refractivity contribution in [2.45, 2.75) is 25.8 Å². The molecule has 0 aliphatic rings. The van der Waals surface area contributed by atoms with Gasteiger partial charge in [-0.15, -0.1) is 0 Å². The molecule has 1 aromatic rings. The standard InChI is InChI=1S/C12H15FN2/c1-2-12(15-8-4-7-14)10-5-3-6-11(13)9-10/h3,5-6,9,12,15H,2,4,8H2,1H3. The molecule has 0 spiro atoms. The fourth-order valence-corrected chi connectivity index (χ4v) is 1.52. The van der Waals surface area contributed by atoms with Gasteiger partial charge in [-0.25, -0.2) is 4.39 Å². The van der Waals surface area contributed by atoms with E-state index in [1.165, 1.54) is 12.1 Å². The number of halogens is 1. The monoisotopic (exact) mass is 206 g/mol. The minimum Gasteiger partial charge on any atom is -0.309 e. The molecule has 0 amide bonds. The first-order chi connectivity index (χ1) is 7.27. The Morgan fingerprint density at radius 2 is 2.33 bits per heavy atom. The van der Waals surface area contributed by atoms with Gasteiger partial charge in [-0.1, -0.05) is 19.1 Å². The molecule has 1 atom stereocenters. The molecule has 0 aliphatic carbocycles. The minimum atomic E-state index is -0.215. The van der Waals surface area contributed by atoms with E-state index in [4.69, 9.17) is 5.26 Å². The number of rotatable bonds is 5. The Morgan fingerprint density at radius 3 is 2.93 bits per heavy atom. The molecule has 15 heavy (non-hydrogen) atoms. The molecule has 1 aromatic carbocycles. The summed E-state index contributed by atoms with van der Waals surface area (Å²) in [4.78, 5) is 0. The first kappa shape index (κ1) is 11.7. The molecule has 0 saturated heterocycles. The van der Waals surface area contributed by atoms with Crippen LogP contribution < -0.4 is 5.32 Å². The Bertz CT molecular complexity index is 344. The summed E-state index contributed by atoms with van der Waals surface area (Å²) >= 11 is 0. The van der Waals surface area contributed by atoms with Gasteiger partial charge in [0.2, 0.25) is 0 Å². The molecule has 0 saturated carbocycles. The first-order valence-electron chi connectivity index (χ1n) is 5.13. The van der Waals surface area contributed by atoms with Crippen LogP contribution in [0.4, 0.5) is 4.39 Å². The Morgan fingerprint density at radius 1 is 1.53 bits per heavy atom. The number of benzene rings is 1. The minimum absolute atomic E-state index is 0.133. The maximum atomic E-state index is 13.0. The Labute approximate surface area is 89.7 Å². The third kappa shape index (κ3) is 3.69. The zero-order valence-electron chi connectivity index (χ0n) is 8.83. The largest absolute Gasteiger partial charge is 0.309 e. The molecule has 1 unspecified atom stereocenters. The fourth-order valence-electron chi connectivity index (χ4n) is 1.52. The zero-order chi connectivity index (χ0) is 11.1. The van der Waals surface area contributed by atoms with Crippen LogP contribution in [0, 0.1) is 17.1 Å². The van der Waals surface area contributed by atoms with Crippen LogP contribution >= 0.6 is 0 Å². The van der Waals surface area contributed by atoms with Crippen LogP contribution in [0.15, 0.2) is 24.3 Å². The Kier molecular flexibility index (Phi) is 4.79. The van der Waals surface area contributed by atoms with E-state index >= 15 is 0 Å². The van der Waals surface area contributed by atoms with Crippen LogP contribution in [-0.4, -0.2) is 6.54 Å². The molecular weight excluding hydrogens is 191 g/mol. The molecule has 80 valence electrons. The van der Waals surface area contributed by atoms with Gasteiger partial charge in [0.1, 0.15) is 5.82 Å². The summed E-state index contributed by atoms with van der Waals surface area (Å²) in [7, 11) is 0. The van der Waals surface area contributed by atoms with Crippen molar-refractivity contribution in [3.8, 4) is 6.07 Å². The summed E-state index contributed by atoms with van der Waals surface area (Å²) in [6.45, 7) is 2.68. The van der Waals surface area contributed by atoms with Crippen molar-refractivity contribution >= 4 is 0 Å². The SMILES string of the molecule is CCC(NCCC#N)c1cccc(F)c1. The molecule has 0 radical (unpaired) electrons. The van der Waals surface area contributed by atoms with Gasteiger partial charge in [0.15, 0.2) is 0 Å². The summed E-state index contributed by atoms with van der Waals surface area (Å²) in [5, 5.41) is 11.6. The number of nitrogens with one attached hydrogen (secondary N) is 1. The van der Waals surface area contributed by atoms with Gasteiger partial charge in [0.05, 0.1) is 6.07 Å². The van der Waals surface area contributed by atoms with Gasteiger partial charge < -0.3 is 5.32 Å². The predicted octanol–water partition coefficient (Wildman–Crippen LogP) is 2.78. The topological polar surface area (TPSA) is 35.8 Å². The lowest BCUT2D eigenvalue weighted by molar-refractivity contribution is 0.522. The van der Waals surface area contributed by atoms with E-state index < -0.39 is 0 Å². The Balaban J connectivity index is 2.62. The van der Waals surface area contributed by atoms with Crippen molar-refractivity contribution in [1.29, 1.82) is 5.26 Å². The highest BCUT2D eigenvalue weighted by Crippen LogP contribution is 2.17. The van der Waals surface area contributed by atoms with E-state index in [9.17, 15) is 4.39 Å². The third-order valence-electron chi connectivity index (χ3n) is 2.29. The van der Waals surface area contributed by atoms with Crippen molar-refractivity contribution < 1.29 is 4.39 Å². The van der Waals surface area contributed by atoms with E-state index in [0.29, 0.717) is 13.0 Å². The highest BCUT2D eigenvalue weighted by atomic mass is 19.1. The van der Waals surface area contributed by atoms with Gasteiger partial charge >= 0.3 is 0 Å². The number of nitrogens with zero attached hydrogens (tertiary/aromatic N) is 1. The predicted molar refractivity (Wildman–Crippen MR) is 57.7 cm³/mol. The normalized spacial score (nSPS) is 12.1. The molecule has 1 N–H and O–H groups in total. The third-order valence-corrected chi connectivity index (χ3v) is 2.29. The molecule has 3 heteroatoms. The lowest BCUT2D eigenvalue weighted by Gasteiger charge is -2.16. The van der Waals surface area contributed by atoms with Crippen LogP contribution in [0.2, 0.25) is 0 Å². The average Bonchev–Trinajstić information content (AvgIpc) is 2.24. The van der Waals surface area contributed by atoms with Crippen molar-refractivity contribution in [1.82, 2.24) is 5.32 Å². The molecule has 0 fully saturated rings. The van der Waals surface area contributed by atoms with E-state index in [0.717, 1.165) is 12.0 Å². The maximum absolute atomic E-state index is 13.0. The zero-order valence-corrected chi connectivity index (χ0v) is 8.83. The number of hydrogen-bond acceptors (Lipinski definition) is 2. The van der Waals surface area contributed by atoms with E-state index in [2.05, 4.69) is 11.4 Å². The smallest absolute Gasteiger partial charge is 0.123 e. The van der Waals surface area contributed by atoms with Crippen molar-refractivity contribution in [2.75, 3.05) is 6.54 Å². The Hall–Kier alpha value is -1.40. The van der Waals surface area contributed by atoms with Crippen LogP contribution in [0.25, 0.3) is 0 Å². The van der Waals surface area contributed by atoms with Gasteiger partial charge in [0.25, 0.3) is 0 Å². The first-order valence-corrected chi connectivity index (χ1v) is 5.13. The van der Waals surface area contributed by atoms with Gasteiger partial charge in [-0.05, 0) is 24.1 Å². The maximum Gasteiger partial charge on any atom is 0.123 e. The molecule has 0 aromatic heterocycles. The second-order valence-corrected chi connectivity index (χ2v) is 3.38. The molecule has 2 nitrogen and oxygen atoms in total. The second-order valence-electron chi connectivity index (χ2n) is 3.38. The van der Waals surface area contributed by atoms with E-state index in [1.54, 1.807) is 6.07 Å². The fraction of sp³-hybridized carbons (Fsp3) is 0.417. The van der Waals surface area contributed by atoms with Crippen molar-refractivity contribution in [3.05, 3.63) is 35.6 Å². The second kappa shape index (κ2) is 6.15. The average molecular weight is 206 g/mol. The van der Waals surface area contributed by atoms with Crippen LogP contribution in [-0.2, 0) is 0 Å². The van der Waals surface area contributed by atoms with Crippen molar-refractivity contribution in [3.63, 3.8) is 0 Å². The lowest BCUT2D eigenvalue weighted by atomic mass is 10.0. The summed E-state index contributed by atoms with van der Waals surface area (Å²) in [5.41, 5.74) is 0.940. The summed E-state index contributed by atoms with van der Waals surface area (Å²) < 4.78 is 13.0. The summed E-state index contributed by atoms with van der Waals surface area (Å²) in [5.74, 6) is -0.215. The molecule has 1 rings (SSSR count). The highest BCUT2D eigenvalue weighted by molar-refractivity contribution is 5.20.